The van der Waals surface area contributed by atoms with Crippen molar-refractivity contribution in [2.24, 2.45) is 5.41 Å². The number of carbonyl (C=O) groups excluding carboxylic acids is 1. The van der Waals surface area contributed by atoms with Crippen LogP contribution in [0.5, 0.6) is 0 Å². The van der Waals surface area contributed by atoms with Crippen molar-refractivity contribution in [3.05, 3.63) is 59.7 Å². The van der Waals surface area contributed by atoms with Gasteiger partial charge in [-0.1, -0.05) is 62.4 Å². The van der Waals surface area contributed by atoms with Gasteiger partial charge in [-0.15, -0.1) is 0 Å². The van der Waals surface area contributed by atoms with Gasteiger partial charge in [0.2, 0.25) is 0 Å². The van der Waals surface area contributed by atoms with E-state index in [9.17, 15) is 14.7 Å². The third-order valence-electron chi connectivity index (χ3n) is 5.89. The van der Waals surface area contributed by atoms with E-state index in [0.717, 1.165) is 16.9 Å². The molecule has 0 radical (unpaired) electrons. The Balaban J connectivity index is 1.49. The Hall–Kier alpha value is -2.47. The number of carboxylic acid groups (broad SMARTS) is 1. The number of thioether (sulfide) groups is 1. The van der Waals surface area contributed by atoms with Crippen molar-refractivity contribution < 1.29 is 19.4 Å². The number of benzene rings is 2. The van der Waals surface area contributed by atoms with Gasteiger partial charge in [0, 0.05) is 11.7 Å². The molecule has 2 aromatic carbocycles. The Morgan fingerprint density at radius 3 is 2.23 bits per heavy atom. The van der Waals surface area contributed by atoms with Crippen molar-refractivity contribution >= 4 is 23.8 Å². The maximum Gasteiger partial charge on any atom is 0.407 e. The van der Waals surface area contributed by atoms with E-state index in [1.807, 2.05) is 24.3 Å². The number of rotatable bonds is 5. The van der Waals surface area contributed by atoms with Crippen molar-refractivity contribution in [3.63, 3.8) is 0 Å². The van der Waals surface area contributed by atoms with Crippen LogP contribution in [0.1, 0.15) is 43.7 Å². The summed E-state index contributed by atoms with van der Waals surface area (Å²) in [7, 11) is 0. The molecule has 0 aromatic heterocycles. The number of ether oxygens (including phenoxy) is 1. The zero-order valence-electron chi connectivity index (χ0n) is 17.3. The Morgan fingerprint density at radius 1 is 1.07 bits per heavy atom. The van der Waals surface area contributed by atoms with E-state index in [1.54, 1.807) is 11.8 Å². The molecule has 158 valence electrons. The molecule has 1 unspecified atom stereocenters. The molecule has 0 bridgehead atoms. The first-order valence-corrected chi connectivity index (χ1v) is 11.4. The summed E-state index contributed by atoms with van der Waals surface area (Å²) in [5, 5.41) is 12.4. The molecule has 1 fully saturated rings. The molecule has 2 aliphatic rings. The predicted octanol–water partition coefficient (Wildman–Crippen LogP) is 4.90. The number of carbonyl (C=O) groups is 2. The van der Waals surface area contributed by atoms with Gasteiger partial charge in [-0.25, -0.2) is 4.79 Å². The van der Waals surface area contributed by atoms with Gasteiger partial charge in [0.25, 0.3) is 0 Å². The lowest BCUT2D eigenvalue weighted by atomic mass is 9.78. The highest BCUT2D eigenvalue weighted by Crippen LogP contribution is 2.45. The molecule has 1 aliphatic heterocycles. The summed E-state index contributed by atoms with van der Waals surface area (Å²) in [6, 6.07) is 16.4. The summed E-state index contributed by atoms with van der Waals surface area (Å²) in [6.07, 6.45) is -0.0340. The van der Waals surface area contributed by atoms with E-state index in [0.29, 0.717) is 12.2 Å². The minimum Gasteiger partial charge on any atom is -0.481 e. The number of aliphatic carboxylic acids is 1. The first kappa shape index (κ1) is 20.8. The number of fused-ring (bicyclic) bond motifs is 3. The molecule has 2 aromatic rings. The van der Waals surface area contributed by atoms with Crippen LogP contribution in [0.3, 0.4) is 0 Å². The van der Waals surface area contributed by atoms with Crippen LogP contribution < -0.4 is 5.32 Å². The van der Waals surface area contributed by atoms with Crippen LogP contribution in [0.15, 0.2) is 48.5 Å². The molecular formula is C24H27NO4S. The second-order valence-electron chi connectivity index (χ2n) is 9.14. The number of alkyl carbamates (subject to hydrolysis) is 1. The largest absolute Gasteiger partial charge is 0.481 e. The summed E-state index contributed by atoms with van der Waals surface area (Å²) in [4.78, 5) is 24.3. The normalized spacial score (nSPS) is 22.1. The molecule has 30 heavy (non-hydrogen) atoms. The standard InChI is InChI=1S/C24H27NO4S/c1-23(2)13-24(11-21(26)27,15-30-14-23)25-22(28)29-12-20-18-9-5-3-7-16(18)17-8-4-6-10-19(17)20/h3-10,20H,11-15H2,1-2H3,(H,25,28)(H,26,27). The van der Waals surface area contributed by atoms with Crippen LogP contribution in [0.2, 0.25) is 0 Å². The Bertz CT molecular complexity index is 928. The number of hydrogen-bond donors (Lipinski definition) is 2. The number of amides is 1. The van der Waals surface area contributed by atoms with Gasteiger partial charge in [-0.05, 0) is 39.8 Å². The van der Waals surface area contributed by atoms with E-state index < -0.39 is 17.6 Å². The third-order valence-corrected chi connectivity index (χ3v) is 7.63. The zero-order valence-corrected chi connectivity index (χ0v) is 18.1. The maximum absolute atomic E-state index is 12.8. The van der Waals surface area contributed by atoms with Gasteiger partial charge in [-0.3, -0.25) is 4.79 Å². The summed E-state index contributed by atoms with van der Waals surface area (Å²) < 4.78 is 5.66. The fourth-order valence-electron chi connectivity index (χ4n) is 4.92. The van der Waals surface area contributed by atoms with Crippen LogP contribution in [0.25, 0.3) is 11.1 Å². The summed E-state index contributed by atoms with van der Waals surface area (Å²) in [5.74, 6) is 0.594. The molecule has 0 saturated carbocycles. The minimum absolute atomic E-state index is 0.0178. The molecule has 2 N–H and O–H groups in total. The Kier molecular flexibility index (Phi) is 5.53. The van der Waals surface area contributed by atoms with E-state index in [4.69, 9.17) is 4.74 Å². The first-order chi connectivity index (χ1) is 14.3. The lowest BCUT2D eigenvalue weighted by Gasteiger charge is -2.44. The van der Waals surface area contributed by atoms with Gasteiger partial charge in [0.1, 0.15) is 6.61 Å². The van der Waals surface area contributed by atoms with E-state index in [-0.39, 0.29) is 24.4 Å². The minimum atomic E-state index is -0.910. The van der Waals surface area contributed by atoms with Gasteiger partial charge in [0.15, 0.2) is 0 Å². The van der Waals surface area contributed by atoms with E-state index >= 15 is 0 Å². The molecule has 0 spiro atoms. The number of nitrogens with one attached hydrogen (secondary N) is 1. The van der Waals surface area contributed by atoms with Gasteiger partial charge in [0.05, 0.1) is 12.0 Å². The summed E-state index contributed by atoms with van der Waals surface area (Å²) in [6.45, 7) is 4.43. The van der Waals surface area contributed by atoms with Crippen LogP contribution in [0.4, 0.5) is 4.79 Å². The highest BCUT2D eigenvalue weighted by molar-refractivity contribution is 7.99. The molecule has 1 aliphatic carbocycles. The molecule has 6 heteroatoms. The highest BCUT2D eigenvalue weighted by atomic mass is 32.2. The average Bonchev–Trinajstić information content (AvgIpc) is 2.99. The van der Waals surface area contributed by atoms with Crippen molar-refractivity contribution in [2.75, 3.05) is 18.1 Å². The van der Waals surface area contributed by atoms with Gasteiger partial charge in [-0.2, -0.15) is 11.8 Å². The van der Waals surface area contributed by atoms with Gasteiger partial charge < -0.3 is 15.2 Å². The fraction of sp³-hybridized carbons (Fsp3) is 0.417. The Labute approximate surface area is 181 Å². The van der Waals surface area contributed by atoms with E-state index in [1.165, 1.54) is 11.1 Å². The molecule has 1 saturated heterocycles. The predicted molar refractivity (Wildman–Crippen MR) is 119 cm³/mol. The summed E-state index contributed by atoms with van der Waals surface area (Å²) in [5.41, 5.74) is 3.82. The fourth-order valence-corrected chi connectivity index (χ4v) is 6.34. The van der Waals surface area contributed by atoms with Crippen LogP contribution in [-0.4, -0.2) is 40.8 Å². The average molecular weight is 426 g/mol. The van der Waals surface area contributed by atoms with Crippen molar-refractivity contribution in [1.82, 2.24) is 5.32 Å². The number of carboxylic acids is 1. The van der Waals surface area contributed by atoms with Crippen molar-refractivity contribution in [2.45, 2.75) is 38.1 Å². The topological polar surface area (TPSA) is 75.6 Å². The quantitative estimate of drug-likeness (QED) is 0.712. The Morgan fingerprint density at radius 2 is 1.67 bits per heavy atom. The second kappa shape index (κ2) is 7.99. The molecule has 1 atom stereocenters. The summed E-state index contributed by atoms with van der Waals surface area (Å²) >= 11 is 1.68. The van der Waals surface area contributed by atoms with Crippen molar-refractivity contribution in [3.8, 4) is 11.1 Å². The van der Waals surface area contributed by atoms with Crippen LogP contribution in [0, 0.1) is 5.41 Å². The monoisotopic (exact) mass is 425 g/mol. The van der Waals surface area contributed by atoms with Gasteiger partial charge >= 0.3 is 12.1 Å². The van der Waals surface area contributed by atoms with E-state index in [2.05, 4.69) is 43.4 Å². The second-order valence-corrected chi connectivity index (χ2v) is 10.1. The third kappa shape index (κ3) is 4.19. The highest BCUT2D eigenvalue weighted by Gasteiger charge is 2.43. The SMILES string of the molecule is CC1(C)CSCC(CC(=O)O)(NC(=O)OCC2c3ccccc3-c3ccccc32)C1. The number of hydrogen-bond acceptors (Lipinski definition) is 4. The molecular weight excluding hydrogens is 398 g/mol. The molecule has 1 heterocycles. The van der Waals surface area contributed by atoms with Crippen LogP contribution >= 0.6 is 11.8 Å². The molecule has 5 nitrogen and oxygen atoms in total. The zero-order chi connectivity index (χ0) is 21.4. The van der Waals surface area contributed by atoms with Crippen molar-refractivity contribution in [1.29, 1.82) is 0 Å². The lowest BCUT2D eigenvalue weighted by molar-refractivity contribution is -0.138. The maximum atomic E-state index is 12.8. The first-order valence-electron chi connectivity index (χ1n) is 10.2. The lowest BCUT2D eigenvalue weighted by Crippen LogP contribution is -2.56. The smallest absolute Gasteiger partial charge is 0.407 e. The van der Waals surface area contributed by atoms with Crippen LogP contribution in [-0.2, 0) is 9.53 Å². The molecule has 1 amide bonds. The molecule has 4 rings (SSSR count).